The zero-order chi connectivity index (χ0) is 14.3. The lowest BCUT2D eigenvalue weighted by atomic mass is 10.2. The third-order valence-corrected chi connectivity index (χ3v) is 2.72. The molecule has 0 aromatic heterocycles. The largest absolute Gasteiger partial charge is 0.382 e. The van der Waals surface area contributed by atoms with Gasteiger partial charge >= 0.3 is 0 Å². The molecule has 0 spiro atoms. The first-order valence-electron chi connectivity index (χ1n) is 6.13. The van der Waals surface area contributed by atoms with Gasteiger partial charge in [0.25, 0.3) is 0 Å². The molecule has 1 aromatic carbocycles. The monoisotopic (exact) mass is 288 g/mol. The Morgan fingerprint density at radius 1 is 1.37 bits per heavy atom. The van der Waals surface area contributed by atoms with Crippen LogP contribution in [0.2, 0.25) is 0 Å². The fourth-order valence-corrected chi connectivity index (χ4v) is 1.65. The molecule has 2 N–H and O–H groups in total. The Labute approximate surface area is 117 Å². The molecule has 0 bridgehead atoms. The first kappa shape index (κ1) is 15.8. The van der Waals surface area contributed by atoms with Crippen LogP contribution in [0.4, 0.5) is 14.5 Å². The normalized spacial score (nSPS) is 10.3. The summed E-state index contributed by atoms with van der Waals surface area (Å²) in [5.41, 5.74) is 0.144. The Balaban J connectivity index is 2.47. The summed E-state index contributed by atoms with van der Waals surface area (Å²) in [4.78, 5) is 0. The second-order valence-electron chi connectivity index (χ2n) is 3.98. The van der Waals surface area contributed by atoms with Gasteiger partial charge < -0.3 is 15.4 Å². The number of halogens is 2. The summed E-state index contributed by atoms with van der Waals surface area (Å²) >= 11 is 4.98. The van der Waals surface area contributed by atoms with Crippen LogP contribution in [0.5, 0.6) is 0 Å². The molecule has 1 rings (SSSR count). The fourth-order valence-electron chi connectivity index (χ4n) is 1.45. The highest BCUT2D eigenvalue weighted by molar-refractivity contribution is 7.80. The standard InChI is InChI=1S/C13H18F2N2OS/c1-3-18-8-4-7-16-13(19)17-12-10(14)6-5-9(2)11(12)15/h5-6H,3-4,7-8H2,1-2H3,(H2,16,17,19). The Morgan fingerprint density at radius 2 is 2.11 bits per heavy atom. The zero-order valence-corrected chi connectivity index (χ0v) is 11.9. The lowest BCUT2D eigenvalue weighted by Crippen LogP contribution is -2.30. The minimum atomic E-state index is -0.665. The highest BCUT2D eigenvalue weighted by Crippen LogP contribution is 2.21. The molecule has 0 aliphatic rings. The summed E-state index contributed by atoms with van der Waals surface area (Å²) in [6.45, 7) is 5.37. The molecule has 0 radical (unpaired) electrons. The van der Waals surface area contributed by atoms with Crippen LogP contribution in [-0.4, -0.2) is 24.9 Å². The van der Waals surface area contributed by atoms with E-state index in [4.69, 9.17) is 17.0 Å². The van der Waals surface area contributed by atoms with Crippen LogP contribution in [0, 0.1) is 18.6 Å². The van der Waals surface area contributed by atoms with Gasteiger partial charge in [-0.15, -0.1) is 0 Å². The number of anilines is 1. The molecule has 3 nitrogen and oxygen atoms in total. The van der Waals surface area contributed by atoms with Crippen LogP contribution in [0.1, 0.15) is 18.9 Å². The average Bonchev–Trinajstić information content (AvgIpc) is 2.39. The van der Waals surface area contributed by atoms with E-state index in [1.54, 1.807) is 6.92 Å². The van der Waals surface area contributed by atoms with Gasteiger partial charge in [-0.2, -0.15) is 0 Å². The number of ether oxygens (including phenoxy) is 1. The lowest BCUT2D eigenvalue weighted by molar-refractivity contribution is 0.146. The number of hydrogen-bond acceptors (Lipinski definition) is 2. The van der Waals surface area contributed by atoms with Crippen LogP contribution in [-0.2, 0) is 4.74 Å². The number of nitrogens with one attached hydrogen (secondary N) is 2. The molecule has 0 saturated carbocycles. The molecule has 0 saturated heterocycles. The van der Waals surface area contributed by atoms with Crippen molar-refractivity contribution >= 4 is 23.0 Å². The Hall–Kier alpha value is -1.27. The van der Waals surface area contributed by atoms with Crippen molar-refractivity contribution in [3.63, 3.8) is 0 Å². The predicted octanol–water partition coefficient (Wildman–Crippen LogP) is 2.99. The highest BCUT2D eigenvalue weighted by Gasteiger charge is 2.12. The van der Waals surface area contributed by atoms with Gasteiger partial charge in [-0.25, -0.2) is 8.78 Å². The molecule has 6 heteroatoms. The molecule has 1 aromatic rings. The summed E-state index contributed by atoms with van der Waals surface area (Å²) in [6.07, 6.45) is 0.772. The molecule has 0 aliphatic carbocycles. The number of thiocarbonyl (C=S) groups is 1. The van der Waals surface area contributed by atoms with E-state index in [1.807, 2.05) is 6.92 Å². The Bertz CT molecular complexity index is 441. The van der Waals surface area contributed by atoms with Crippen molar-refractivity contribution in [1.82, 2.24) is 5.32 Å². The van der Waals surface area contributed by atoms with Gasteiger partial charge in [-0.3, -0.25) is 0 Å². The van der Waals surface area contributed by atoms with Gasteiger partial charge in [0.15, 0.2) is 10.9 Å². The third kappa shape index (κ3) is 5.08. The summed E-state index contributed by atoms with van der Waals surface area (Å²) in [5, 5.41) is 5.61. The van der Waals surface area contributed by atoms with E-state index in [0.29, 0.717) is 25.3 Å². The number of rotatable bonds is 6. The molecule has 0 aliphatic heterocycles. The van der Waals surface area contributed by atoms with E-state index < -0.39 is 11.6 Å². The van der Waals surface area contributed by atoms with E-state index >= 15 is 0 Å². The van der Waals surface area contributed by atoms with Crippen molar-refractivity contribution < 1.29 is 13.5 Å². The van der Waals surface area contributed by atoms with Gasteiger partial charge in [0.2, 0.25) is 0 Å². The highest BCUT2D eigenvalue weighted by atomic mass is 32.1. The average molecular weight is 288 g/mol. The number of aryl methyl sites for hydroxylation is 1. The quantitative estimate of drug-likeness (QED) is 0.623. The molecular weight excluding hydrogens is 270 g/mol. The molecule has 0 fully saturated rings. The second kappa shape index (κ2) is 8.01. The van der Waals surface area contributed by atoms with Crippen molar-refractivity contribution in [1.29, 1.82) is 0 Å². The summed E-state index contributed by atoms with van der Waals surface area (Å²) in [7, 11) is 0. The second-order valence-corrected chi connectivity index (χ2v) is 4.39. The molecule has 0 atom stereocenters. The van der Waals surface area contributed by atoms with Crippen LogP contribution < -0.4 is 10.6 Å². The van der Waals surface area contributed by atoms with Crippen LogP contribution in [0.25, 0.3) is 0 Å². The van der Waals surface area contributed by atoms with Gasteiger partial charge in [0.1, 0.15) is 11.5 Å². The van der Waals surface area contributed by atoms with E-state index in [1.165, 1.54) is 12.1 Å². The topological polar surface area (TPSA) is 33.3 Å². The molecule has 0 unspecified atom stereocenters. The lowest BCUT2D eigenvalue weighted by Gasteiger charge is -2.12. The smallest absolute Gasteiger partial charge is 0.170 e. The van der Waals surface area contributed by atoms with Gasteiger partial charge in [-0.05, 0) is 44.1 Å². The molecule has 0 amide bonds. The first-order chi connectivity index (χ1) is 9.06. The Kier molecular flexibility index (Phi) is 6.66. The SMILES string of the molecule is CCOCCCNC(=S)Nc1c(F)ccc(C)c1F. The summed E-state index contributed by atoms with van der Waals surface area (Å²) < 4.78 is 32.3. The minimum absolute atomic E-state index is 0.194. The first-order valence-corrected chi connectivity index (χ1v) is 6.54. The van der Waals surface area contributed by atoms with E-state index in [-0.39, 0.29) is 10.8 Å². The number of hydrogen-bond donors (Lipinski definition) is 2. The maximum atomic E-state index is 13.7. The Morgan fingerprint density at radius 3 is 2.79 bits per heavy atom. The summed E-state index contributed by atoms with van der Waals surface area (Å²) in [6, 6.07) is 2.59. The van der Waals surface area contributed by atoms with Crippen molar-refractivity contribution in [2.45, 2.75) is 20.3 Å². The van der Waals surface area contributed by atoms with Crippen molar-refractivity contribution in [3.05, 3.63) is 29.3 Å². The predicted molar refractivity (Wildman–Crippen MR) is 76.4 cm³/mol. The minimum Gasteiger partial charge on any atom is -0.382 e. The fraction of sp³-hybridized carbons (Fsp3) is 0.462. The molecular formula is C13H18F2N2OS. The molecule has 19 heavy (non-hydrogen) atoms. The van der Waals surface area contributed by atoms with E-state index in [9.17, 15) is 8.78 Å². The van der Waals surface area contributed by atoms with Gasteiger partial charge in [0, 0.05) is 19.8 Å². The van der Waals surface area contributed by atoms with E-state index in [0.717, 1.165) is 6.42 Å². The van der Waals surface area contributed by atoms with Crippen LogP contribution in [0.3, 0.4) is 0 Å². The van der Waals surface area contributed by atoms with Crippen molar-refractivity contribution in [2.75, 3.05) is 25.1 Å². The summed E-state index contributed by atoms with van der Waals surface area (Å²) in [5.74, 6) is -1.29. The number of benzene rings is 1. The van der Waals surface area contributed by atoms with Crippen molar-refractivity contribution in [2.24, 2.45) is 0 Å². The van der Waals surface area contributed by atoms with Gasteiger partial charge in [-0.1, -0.05) is 6.07 Å². The third-order valence-electron chi connectivity index (χ3n) is 2.48. The van der Waals surface area contributed by atoms with Crippen molar-refractivity contribution in [3.8, 4) is 0 Å². The zero-order valence-electron chi connectivity index (χ0n) is 11.1. The van der Waals surface area contributed by atoms with Crippen LogP contribution >= 0.6 is 12.2 Å². The molecule has 106 valence electrons. The van der Waals surface area contributed by atoms with Gasteiger partial charge in [0.05, 0.1) is 0 Å². The van der Waals surface area contributed by atoms with E-state index in [2.05, 4.69) is 10.6 Å². The maximum absolute atomic E-state index is 13.7. The molecule has 0 heterocycles. The maximum Gasteiger partial charge on any atom is 0.170 e. The van der Waals surface area contributed by atoms with Crippen LogP contribution in [0.15, 0.2) is 12.1 Å².